The van der Waals surface area contributed by atoms with Gasteiger partial charge >= 0.3 is 0 Å². The van der Waals surface area contributed by atoms with Crippen LogP contribution in [0.2, 0.25) is 0 Å². The second-order valence-electron chi connectivity index (χ2n) is 11.7. The Hall–Kier alpha value is -0.220. The van der Waals surface area contributed by atoms with Crippen molar-refractivity contribution in [3.8, 4) is 0 Å². The predicted molar refractivity (Wildman–Crippen MR) is 123 cm³/mol. The normalized spacial score (nSPS) is 45.5. The Kier molecular flexibility index (Phi) is 6.58. The van der Waals surface area contributed by atoms with Crippen LogP contribution in [0.1, 0.15) is 71.6 Å². The van der Waals surface area contributed by atoms with Gasteiger partial charge in [-0.05, 0) is 89.0 Å². The van der Waals surface area contributed by atoms with Gasteiger partial charge in [0, 0.05) is 43.0 Å². The van der Waals surface area contributed by atoms with Crippen LogP contribution in [0.15, 0.2) is 0 Å². The van der Waals surface area contributed by atoms with Crippen LogP contribution >= 0.6 is 0 Å². The zero-order valence-electron chi connectivity index (χ0n) is 19.4. The summed E-state index contributed by atoms with van der Waals surface area (Å²) in [5.41, 5.74) is 5.92. The van der Waals surface area contributed by atoms with Gasteiger partial charge in [0.05, 0.1) is 9.80 Å². The molecule has 1 unspecified atom stereocenters. The van der Waals surface area contributed by atoms with E-state index in [0.717, 1.165) is 56.9 Å². The standard InChI is InChI=1S/C21H36N2O3.C2H6O2S/c1-19(2,22)13-23-12-14-3-5-20(6-4-14)24-21(26-25-20)17-8-15-7-16(10-17)11-18(21)9-15;1-5(2,3)4/h14-18,23H,3-13,22H2,1-2H3;1H2,2H3,(H,3,4). The third kappa shape index (κ3) is 5.65. The van der Waals surface area contributed by atoms with Gasteiger partial charge in [-0.2, -0.15) is 9.78 Å². The van der Waals surface area contributed by atoms with Gasteiger partial charge < -0.3 is 20.3 Å². The van der Waals surface area contributed by atoms with E-state index in [-0.39, 0.29) is 5.54 Å². The summed E-state index contributed by atoms with van der Waals surface area (Å²) in [5.74, 6) is 5.61. The molecular formula is C23H42N2O5S. The Labute approximate surface area is 187 Å². The van der Waals surface area contributed by atoms with Crippen LogP contribution in [-0.2, 0) is 24.3 Å². The summed E-state index contributed by atoms with van der Waals surface area (Å²) in [4.78, 5) is 12.1. The lowest BCUT2D eigenvalue weighted by molar-refractivity contribution is -0.390. The van der Waals surface area contributed by atoms with Crippen molar-refractivity contribution in [3.05, 3.63) is 0 Å². The van der Waals surface area contributed by atoms with Gasteiger partial charge in [-0.15, -0.1) is 0 Å². The maximum absolute atomic E-state index is 9.63. The van der Waals surface area contributed by atoms with E-state index < -0.39 is 21.4 Å². The number of hydrogen-bond acceptors (Lipinski definition) is 6. The molecule has 1 saturated heterocycles. The first kappa shape index (κ1) is 23.9. The van der Waals surface area contributed by atoms with Crippen molar-refractivity contribution in [3.63, 3.8) is 0 Å². The van der Waals surface area contributed by atoms with E-state index >= 15 is 0 Å². The van der Waals surface area contributed by atoms with Gasteiger partial charge in [0.2, 0.25) is 11.6 Å². The zero-order valence-corrected chi connectivity index (χ0v) is 20.3. The summed E-state index contributed by atoms with van der Waals surface area (Å²) < 4.78 is 24.3. The number of nitrogens with two attached hydrogens (primary N) is 1. The van der Waals surface area contributed by atoms with Crippen LogP contribution < -0.4 is 11.1 Å². The highest BCUT2D eigenvalue weighted by molar-refractivity contribution is 7.94. The molecule has 0 aromatic rings. The SMILES string of the molecule is C=S(C)(=O)O.CC(C)(N)CNCC1CCC2(CC1)OOC1(O2)C2CC3CC(C2)CC1C3. The Morgan fingerprint density at radius 3 is 2.10 bits per heavy atom. The van der Waals surface area contributed by atoms with E-state index in [2.05, 4.69) is 25.0 Å². The van der Waals surface area contributed by atoms with E-state index in [4.69, 9.17) is 24.8 Å². The minimum absolute atomic E-state index is 0.146. The second kappa shape index (κ2) is 8.53. The monoisotopic (exact) mass is 458 g/mol. The highest BCUT2D eigenvalue weighted by Crippen LogP contribution is 2.63. The van der Waals surface area contributed by atoms with Gasteiger partial charge in [0.1, 0.15) is 0 Å². The fourth-order valence-corrected chi connectivity index (χ4v) is 6.72. The summed E-state index contributed by atoms with van der Waals surface area (Å²) >= 11 is 0. The molecule has 4 N–H and O–H groups in total. The van der Waals surface area contributed by atoms with Crippen molar-refractivity contribution < 1.29 is 23.3 Å². The number of nitrogens with one attached hydrogen (secondary N) is 1. The van der Waals surface area contributed by atoms with Crippen molar-refractivity contribution in [1.29, 1.82) is 0 Å². The summed E-state index contributed by atoms with van der Waals surface area (Å²) in [6.07, 6.45) is 11.9. The molecule has 4 bridgehead atoms. The van der Waals surface area contributed by atoms with Crippen molar-refractivity contribution in [2.45, 2.75) is 88.7 Å². The largest absolute Gasteiger partial charge is 0.324 e. The molecule has 1 heterocycles. The maximum Gasteiger partial charge on any atom is 0.210 e. The smallest absolute Gasteiger partial charge is 0.210 e. The molecule has 180 valence electrons. The first-order valence-corrected chi connectivity index (χ1v) is 14.1. The van der Waals surface area contributed by atoms with Gasteiger partial charge in [-0.3, -0.25) is 0 Å². The lowest BCUT2D eigenvalue weighted by Crippen LogP contribution is -2.59. The molecule has 1 aliphatic heterocycles. The lowest BCUT2D eigenvalue weighted by Gasteiger charge is -2.57. The Morgan fingerprint density at radius 2 is 1.61 bits per heavy atom. The molecule has 8 heteroatoms. The van der Waals surface area contributed by atoms with Gasteiger partial charge in [-0.25, -0.2) is 4.21 Å². The number of ether oxygens (including phenoxy) is 1. The average Bonchev–Trinajstić information content (AvgIpc) is 2.99. The minimum Gasteiger partial charge on any atom is -0.324 e. The van der Waals surface area contributed by atoms with E-state index in [1.54, 1.807) is 0 Å². The van der Waals surface area contributed by atoms with Crippen LogP contribution in [0.3, 0.4) is 0 Å². The second-order valence-corrected chi connectivity index (χ2v) is 13.6. The molecule has 6 rings (SSSR count). The Bertz CT molecular complexity index is 704. The summed E-state index contributed by atoms with van der Waals surface area (Å²) in [7, 11) is -2.67. The maximum atomic E-state index is 9.63. The van der Waals surface area contributed by atoms with Gasteiger partial charge in [-0.1, -0.05) is 0 Å². The zero-order chi connectivity index (χ0) is 22.5. The molecule has 6 fully saturated rings. The molecule has 2 spiro atoms. The lowest BCUT2D eigenvalue weighted by atomic mass is 9.53. The molecule has 5 saturated carbocycles. The highest BCUT2D eigenvalue weighted by atomic mass is 32.2. The highest BCUT2D eigenvalue weighted by Gasteiger charge is 2.66. The molecule has 0 aromatic heterocycles. The topological polar surface area (TPSA) is 103 Å². The van der Waals surface area contributed by atoms with E-state index in [1.807, 2.05) is 0 Å². The first-order chi connectivity index (χ1) is 14.4. The molecule has 5 aliphatic carbocycles. The molecular weight excluding hydrogens is 416 g/mol. The third-order valence-electron chi connectivity index (χ3n) is 7.83. The Morgan fingerprint density at radius 1 is 1.10 bits per heavy atom. The van der Waals surface area contributed by atoms with Crippen molar-refractivity contribution in [2.75, 3.05) is 19.3 Å². The van der Waals surface area contributed by atoms with Crippen LogP contribution in [0, 0.1) is 29.6 Å². The van der Waals surface area contributed by atoms with Crippen LogP contribution in [-0.4, -0.2) is 51.1 Å². The molecule has 0 radical (unpaired) electrons. The minimum atomic E-state index is -2.67. The third-order valence-corrected chi connectivity index (χ3v) is 7.83. The first-order valence-electron chi connectivity index (χ1n) is 12.0. The van der Waals surface area contributed by atoms with Crippen LogP contribution in [0.5, 0.6) is 0 Å². The van der Waals surface area contributed by atoms with Crippen LogP contribution in [0.25, 0.3) is 0 Å². The number of hydrogen-bond donors (Lipinski definition) is 3. The van der Waals surface area contributed by atoms with Gasteiger partial charge in [0.25, 0.3) is 0 Å². The van der Waals surface area contributed by atoms with E-state index in [9.17, 15) is 4.21 Å². The van der Waals surface area contributed by atoms with Crippen molar-refractivity contribution in [2.24, 2.45) is 35.3 Å². The molecule has 6 aliphatic rings. The summed E-state index contributed by atoms with van der Waals surface area (Å²) in [5, 5.41) is 3.54. The van der Waals surface area contributed by atoms with E-state index in [1.165, 1.54) is 32.1 Å². The quantitative estimate of drug-likeness (QED) is 0.439. The van der Waals surface area contributed by atoms with Gasteiger partial charge in [0.15, 0.2) is 0 Å². The molecule has 0 amide bonds. The predicted octanol–water partition coefficient (Wildman–Crippen LogP) is 3.14. The van der Waals surface area contributed by atoms with E-state index in [0.29, 0.717) is 17.8 Å². The van der Waals surface area contributed by atoms with Crippen molar-refractivity contribution >= 4 is 15.7 Å². The molecule has 7 nitrogen and oxygen atoms in total. The fourth-order valence-electron chi connectivity index (χ4n) is 6.72. The molecule has 0 aromatic carbocycles. The Balaban J connectivity index is 0.000000418. The molecule has 1 atom stereocenters. The summed E-state index contributed by atoms with van der Waals surface area (Å²) in [6.45, 7) is 6.03. The van der Waals surface area contributed by atoms with Crippen LogP contribution in [0.4, 0.5) is 0 Å². The summed E-state index contributed by atoms with van der Waals surface area (Å²) in [6, 6.07) is 0. The fraction of sp³-hybridized carbons (Fsp3) is 0.957. The molecule has 31 heavy (non-hydrogen) atoms. The number of rotatable bonds is 4. The van der Waals surface area contributed by atoms with Crippen molar-refractivity contribution in [1.82, 2.24) is 5.32 Å². The average molecular weight is 459 g/mol.